The molecule has 1 aromatic carbocycles. The molecule has 0 spiro atoms. The van der Waals surface area contributed by atoms with Gasteiger partial charge in [-0.25, -0.2) is 0 Å². The maximum Gasteiger partial charge on any atom is 0.178 e. The first kappa shape index (κ1) is 18.0. The van der Waals surface area contributed by atoms with Crippen molar-refractivity contribution in [3.8, 4) is 11.8 Å². The van der Waals surface area contributed by atoms with Gasteiger partial charge in [0.15, 0.2) is 5.78 Å². The van der Waals surface area contributed by atoms with Crippen LogP contribution in [0.2, 0.25) is 0 Å². The summed E-state index contributed by atoms with van der Waals surface area (Å²) in [6.45, 7) is 9.25. The molecule has 4 nitrogen and oxygen atoms in total. The number of aromatic nitrogens is 1. The molecule has 2 aliphatic heterocycles. The Hall–Kier alpha value is -2.38. The van der Waals surface area contributed by atoms with E-state index in [0.29, 0.717) is 36.0 Å². The zero-order valence-corrected chi connectivity index (χ0v) is 16.6. The first-order chi connectivity index (χ1) is 12.9. The smallest absolute Gasteiger partial charge is 0.178 e. The number of carbonyl (C=O) groups excluding carboxylic acids is 1. The zero-order chi connectivity index (χ0) is 19.3. The lowest BCUT2D eigenvalue weighted by Crippen LogP contribution is -2.35. The van der Waals surface area contributed by atoms with Gasteiger partial charge in [0, 0.05) is 34.7 Å². The summed E-state index contributed by atoms with van der Waals surface area (Å²) in [5.74, 6) is 1.59. The van der Waals surface area contributed by atoms with Gasteiger partial charge in [0.2, 0.25) is 0 Å². The standard InChI is InChI=1S/C23H27N3O/c1-14-11-20(17(4)26(14)19-7-5-18(12-24)6-8-19)23(27)13-25-21-9-10-22(25)16(3)15(21)2/h5-8,11,15-16,21-22H,9-10,13H2,1-4H3/t15-,16+,21+,22-. The highest BCUT2D eigenvalue weighted by atomic mass is 16.1. The number of nitriles is 1. The highest BCUT2D eigenvalue weighted by Crippen LogP contribution is 2.45. The third-order valence-corrected chi connectivity index (χ3v) is 6.97. The second-order valence-electron chi connectivity index (χ2n) is 8.30. The lowest BCUT2D eigenvalue weighted by Gasteiger charge is -2.21. The average Bonchev–Trinajstić information content (AvgIpc) is 3.27. The number of aryl methyl sites for hydroxylation is 1. The molecule has 3 heterocycles. The second kappa shape index (κ2) is 6.65. The lowest BCUT2D eigenvalue weighted by atomic mass is 9.82. The van der Waals surface area contributed by atoms with Crippen LogP contribution in [-0.4, -0.2) is 33.9 Å². The van der Waals surface area contributed by atoms with E-state index in [-0.39, 0.29) is 5.78 Å². The Labute approximate surface area is 161 Å². The average molecular weight is 361 g/mol. The van der Waals surface area contributed by atoms with Gasteiger partial charge in [-0.1, -0.05) is 13.8 Å². The minimum absolute atomic E-state index is 0.223. The predicted molar refractivity (Wildman–Crippen MR) is 106 cm³/mol. The van der Waals surface area contributed by atoms with Gasteiger partial charge < -0.3 is 4.57 Å². The number of ketones is 1. The monoisotopic (exact) mass is 361 g/mol. The molecule has 2 aliphatic rings. The van der Waals surface area contributed by atoms with E-state index < -0.39 is 0 Å². The van der Waals surface area contributed by atoms with E-state index in [0.717, 1.165) is 22.6 Å². The van der Waals surface area contributed by atoms with Crippen molar-refractivity contribution in [2.24, 2.45) is 11.8 Å². The number of hydrogen-bond donors (Lipinski definition) is 0. The van der Waals surface area contributed by atoms with Gasteiger partial charge in [-0.3, -0.25) is 9.69 Å². The van der Waals surface area contributed by atoms with Crippen LogP contribution in [0, 0.1) is 37.0 Å². The Kier molecular flexibility index (Phi) is 4.44. The van der Waals surface area contributed by atoms with E-state index in [1.54, 1.807) is 0 Å². The summed E-state index contributed by atoms with van der Waals surface area (Å²) >= 11 is 0. The Bertz CT molecular complexity index is 902. The van der Waals surface area contributed by atoms with E-state index in [9.17, 15) is 4.79 Å². The molecule has 0 aliphatic carbocycles. The minimum atomic E-state index is 0.223. The molecule has 1 aromatic heterocycles. The fourth-order valence-electron chi connectivity index (χ4n) is 5.36. The van der Waals surface area contributed by atoms with E-state index >= 15 is 0 Å². The molecular weight excluding hydrogens is 334 g/mol. The van der Waals surface area contributed by atoms with Crippen molar-refractivity contribution in [3.63, 3.8) is 0 Å². The van der Waals surface area contributed by atoms with Crippen LogP contribution in [0.5, 0.6) is 0 Å². The van der Waals surface area contributed by atoms with Crippen LogP contribution in [0.1, 0.15) is 54.0 Å². The number of hydrogen-bond acceptors (Lipinski definition) is 3. The van der Waals surface area contributed by atoms with Crippen LogP contribution < -0.4 is 0 Å². The maximum absolute atomic E-state index is 13.2. The van der Waals surface area contributed by atoms with E-state index in [4.69, 9.17) is 5.26 Å². The topological polar surface area (TPSA) is 49.0 Å². The number of nitrogens with zero attached hydrogens (tertiary/aromatic N) is 3. The summed E-state index contributed by atoms with van der Waals surface area (Å²) in [5, 5.41) is 9.00. The summed E-state index contributed by atoms with van der Waals surface area (Å²) in [4.78, 5) is 15.6. The molecule has 140 valence electrons. The van der Waals surface area contributed by atoms with Crippen molar-refractivity contribution in [3.05, 3.63) is 52.8 Å². The van der Waals surface area contributed by atoms with Crippen molar-refractivity contribution < 1.29 is 4.79 Å². The molecule has 0 N–H and O–H groups in total. The number of rotatable bonds is 4. The van der Waals surface area contributed by atoms with Crippen molar-refractivity contribution in [2.75, 3.05) is 6.54 Å². The zero-order valence-electron chi connectivity index (χ0n) is 16.6. The number of benzene rings is 1. The first-order valence-electron chi connectivity index (χ1n) is 9.90. The van der Waals surface area contributed by atoms with Crippen LogP contribution in [0.25, 0.3) is 5.69 Å². The SMILES string of the molecule is Cc1cc(C(=O)CN2[C@@H]3CC[C@H]2[C@H](C)[C@@H]3C)c(C)n1-c1ccc(C#N)cc1. The molecular formula is C23H27N3O. The van der Waals surface area contributed by atoms with Gasteiger partial charge in [0.05, 0.1) is 18.2 Å². The third kappa shape index (κ3) is 2.82. The highest BCUT2D eigenvalue weighted by Gasteiger charge is 2.49. The highest BCUT2D eigenvalue weighted by molar-refractivity contribution is 5.99. The van der Waals surface area contributed by atoms with Gasteiger partial charge in [0.1, 0.15) is 0 Å². The molecule has 0 saturated carbocycles. The summed E-state index contributed by atoms with van der Waals surface area (Å²) in [6.07, 6.45) is 2.46. The van der Waals surface area contributed by atoms with Gasteiger partial charge >= 0.3 is 0 Å². The van der Waals surface area contributed by atoms with Crippen LogP contribution in [0.3, 0.4) is 0 Å². The summed E-state index contributed by atoms with van der Waals surface area (Å²) in [6, 6.07) is 12.8. The molecule has 0 unspecified atom stereocenters. The van der Waals surface area contributed by atoms with Gasteiger partial charge in [-0.2, -0.15) is 5.26 Å². The molecule has 0 amide bonds. The summed E-state index contributed by atoms with van der Waals surface area (Å²) < 4.78 is 2.11. The molecule has 27 heavy (non-hydrogen) atoms. The Balaban J connectivity index is 1.60. The first-order valence-corrected chi connectivity index (χ1v) is 9.90. The molecule has 2 bridgehead atoms. The van der Waals surface area contributed by atoms with Crippen molar-refractivity contribution in [1.82, 2.24) is 9.47 Å². The van der Waals surface area contributed by atoms with Gasteiger partial charge in [-0.05, 0) is 68.9 Å². The Morgan fingerprint density at radius 1 is 1.11 bits per heavy atom. The number of carbonyl (C=O) groups is 1. The Morgan fingerprint density at radius 2 is 1.70 bits per heavy atom. The van der Waals surface area contributed by atoms with Crippen molar-refractivity contribution in [1.29, 1.82) is 5.26 Å². The van der Waals surface area contributed by atoms with Crippen LogP contribution >= 0.6 is 0 Å². The van der Waals surface area contributed by atoms with Crippen LogP contribution in [0.15, 0.2) is 30.3 Å². The molecule has 0 radical (unpaired) electrons. The largest absolute Gasteiger partial charge is 0.318 e. The fourth-order valence-corrected chi connectivity index (χ4v) is 5.36. The fraction of sp³-hybridized carbons (Fsp3) is 0.478. The van der Waals surface area contributed by atoms with Gasteiger partial charge in [0.25, 0.3) is 0 Å². The molecule has 4 atom stereocenters. The summed E-state index contributed by atoms with van der Waals surface area (Å²) in [7, 11) is 0. The maximum atomic E-state index is 13.2. The van der Waals surface area contributed by atoms with Crippen molar-refractivity contribution >= 4 is 5.78 Å². The summed E-state index contributed by atoms with van der Waals surface area (Å²) in [5.41, 5.74) is 4.49. The van der Waals surface area contributed by atoms with E-state index in [1.807, 2.05) is 44.2 Å². The lowest BCUT2D eigenvalue weighted by molar-refractivity contribution is 0.0911. The van der Waals surface area contributed by atoms with Crippen LogP contribution in [-0.2, 0) is 0 Å². The normalized spacial score (nSPS) is 27.1. The number of Topliss-reactive ketones (excluding diaryl/α,β-unsaturated/α-hetero) is 1. The Morgan fingerprint density at radius 3 is 2.26 bits per heavy atom. The van der Waals surface area contributed by atoms with E-state index in [1.165, 1.54) is 12.8 Å². The van der Waals surface area contributed by atoms with Crippen molar-refractivity contribution in [2.45, 2.75) is 52.6 Å². The van der Waals surface area contributed by atoms with Gasteiger partial charge in [-0.15, -0.1) is 0 Å². The molecule has 4 rings (SSSR count). The number of fused-ring (bicyclic) bond motifs is 2. The quantitative estimate of drug-likeness (QED) is 0.764. The van der Waals surface area contributed by atoms with E-state index in [2.05, 4.69) is 29.4 Å². The minimum Gasteiger partial charge on any atom is -0.318 e. The molecule has 2 aromatic rings. The van der Waals surface area contributed by atoms with Crippen LogP contribution in [0.4, 0.5) is 0 Å². The molecule has 2 fully saturated rings. The third-order valence-electron chi connectivity index (χ3n) is 6.97. The molecule has 4 heteroatoms. The molecule has 2 saturated heterocycles. The second-order valence-corrected chi connectivity index (χ2v) is 8.30. The predicted octanol–water partition coefficient (Wildman–Crippen LogP) is 4.27.